The molecule has 5 N–H and O–H groups in total. The highest BCUT2D eigenvalue weighted by Gasteiger charge is 2.35. The summed E-state index contributed by atoms with van der Waals surface area (Å²) in [6, 6.07) is 10.0. The summed E-state index contributed by atoms with van der Waals surface area (Å²) < 4.78 is 13.8. The summed E-state index contributed by atoms with van der Waals surface area (Å²) >= 11 is 0. The van der Waals surface area contributed by atoms with Crippen molar-refractivity contribution in [1.82, 2.24) is 4.90 Å². The van der Waals surface area contributed by atoms with E-state index in [0.717, 1.165) is 4.90 Å². The maximum Gasteiger partial charge on any atom is 0.290 e. The van der Waals surface area contributed by atoms with Crippen molar-refractivity contribution in [3.05, 3.63) is 70.5 Å². The molecule has 2 aromatic rings. The van der Waals surface area contributed by atoms with Gasteiger partial charge in [-0.05, 0) is 36.2 Å². The fourth-order valence-corrected chi connectivity index (χ4v) is 2.89. The van der Waals surface area contributed by atoms with Crippen LogP contribution in [0.1, 0.15) is 36.6 Å². The van der Waals surface area contributed by atoms with E-state index in [2.05, 4.69) is 0 Å². The Labute approximate surface area is 159 Å². The van der Waals surface area contributed by atoms with Gasteiger partial charge in [0.15, 0.2) is 0 Å². The molecule has 3 rings (SSSR count). The second-order valence-electron chi connectivity index (χ2n) is 6.01. The highest BCUT2D eigenvalue weighted by molar-refractivity contribution is 6.21. The lowest BCUT2D eigenvalue weighted by molar-refractivity contribution is -0.122. The first-order chi connectivity index (χ1) is 13.3. The number of hydrogen-bond donors (Lipinski definition) is 3. The normalized spacial score (nSPS) is 13.4. The number of fused-ring (bicyclic) bond motifs is 1. The molecule has 0 aliphatic carbocycles. The maximum absolute atomic E-state index is 13.8. The predicted molar refractivity (Wildman–Crippen MR) is 97.1 cm³/mol. The second kappa shape index (κ2) is 8.87. The van der Waals surface area contributed by atoms with Crippen LogP contribution < -0.4 is 11.5 Å². The smallest absolute Gasteiger partial charge is 0.290 e. The van der Waals surface area contributed by atoms with E-state index in [0.29, 0.717) is 16.7 Å². The Morgan fingerprint density at radius 3 is 2.14 bits per heavy atom. The van der Waals surface area contributed by atoms with Crippen molar-refractivity contribution < 1.29 is 28.7 Å². The fourth-order valence-electron chi connectivity index (χ4n) is 2.89. The largest absolute Gasteiger partial charge is 0.483 e. The lowest BCUT2D eigenvalue weighted by atomic mass is 10.0. The monoisotopic (exact) mass is 387 g/mol. The van der Waals surface area contributed by atoms with Crippen LogP contribution in [0.4, 0.5) is 4.39 Å². The third kappa shape index (κ3) is 4.38. The summed E-state index contributed by atoms with van der Waals surface area (Å²) in [6.07, 6.45) is 0.239. The minimum atomic E-state index is -0.848. The molecular weight excluding hydrogens is 369 g/mol. The molecule has 0 unspecified atom stereocenters. The van der Waals surface area contributed by atoms with E-state index in [1.807, 2.05) is 0 Å². The van der Waals surface area contributed by atoms with Gasteiger partial charge in [-0.2, -0.15) is 0 Å². The van der Waals surface area contributed by atoms with Crippen molar-refractivity contribution in [3.63, 3.8) is 0 Å². The van der Waals surface area contributed by atoms with Gasteiger partial charge in [0.25, 0.3) is 24.2 Å². The summed E-state index contributed by atoms with van der Waals surface area (Å²) in [7, 11) is 0. The summed E-state index contributed by atoms with van der Waals surface area (Å²) in [4.78, 5) is 45.1. The Balaban J connectivity index is 0.000000878. The Kier molecular flexibility index (Phi) is 6.56. The summed E-state index contributed by atoms with van der Waals surface area (Å²) in [5, 5.41) is 6.89. The Morgan fingerprint density at radius 2 is 1.68 bits per heavy atom. The van der Waals surface area contributed by atoms with Gasteiger partial charge in [-0.1, -0.05) is 18.2 Å². The first-order valence-electron chi connectivity index (χ1n) is 8.17. The fraction of sp³-hybridized carbons (Fsp3) is 0.158. The molecule has 2 aromatic carbocycles. The van der Waals surface area contributed by atoms with Gasteiger partial charge in [-0.25, -0.2) is 4.39 Å². The van der Waals surface area contributed by atoms with Gasteiger partial charge in [0.2, 0.25) is 0 Å². The number of benzene rings is 2. The highest BCUT2D eigenvalue weighted by Crippen LogP contribution is 2.22. The zero-order valence-corrected chi connectivity index (χ0v) is 14.7. The average Bonchev–Trinajstić information content (AvgIpc) is 2.87. The van der Waals surface area contributed by atoms with Crippen LogP contribution in [0.2, 0.25) is 0 Å². The van der Waals surface area contributed by atoms with E-state index < -0.39 is 17.8 Å². The van der Waals surface area contributed by atoms with Gasteiger partial charge in [-0.3, -0.25) is 24.1 Å². The maximum atomic E-state index is 13.8. The topological polar surface area (TPSA) is 144 Å². The number of carbonyl (C=O) groups is 4. The van der Waals surface area contributed by atoms with Crippen molar-refractivity contribution in [1.29, 1.82) is 0 Å². The van der Waals surface area contributed by atoms with Gasteiger partial charge in [0, 0.05) is 12.6 Å². The van der Waals surface area contributed by atoms with Crippen LogP contribution >= 0.6 is 0 Å². The first-order valence-corrected chi connectivity index (χ1v) is 8.17. The van der Waals surface area contributed by atoms with Crippen LogP contribution in [-0.4, -0.2) is 46.8 Å². The molecule has 1 atom stereocenters. The Hall–Kier alpha value is -3.59. The number of nitrogens with two attached hydrogens (primary N) is 2. The zero-order valence-electron chi connectivity index (χ0n) is 14.7. The number of amides is 3. The van der Waals surface area contributed by atoms with Crippen molar-refractivity contribution in [2.45, 2.75) is 12.5 Å². The number of carboxylic acid groups (broad SMARTS) is 1. The van der Waals surface area contributed by atoms with Crippen LogP contribution in [0.5, 0.6) is 0 Å². The third-order valence-electron chi connectivity index (χ3n) is 4.09. The predicted octanol–water partition coefficient (Wildman–Crippen LogP) is 0.791. The van der Waals surface area contributed by atoms with Crippen LogP contribution in [0.25, 0.3) is 0 Å². The number of primary amides is 1. The lowest BCUT2D eigenvalue weighted by Gasteiger charge is -2.19. The zero-order chi connectivity index (χ0) is 20.8. The second-order valence-corrected chi connectivity index (χ2v) is 6.01. The molecule has 28 heavy (non-hydrogen) atoms. The van der Waals surface area contributed by atoms with Gasteiger partial charge in [0.1, 0.15) is 5.82 Å². The lowest BCUT2D eigenvalue weighted by Crippen LogP contribution is -2.41. The quantitative estimate of drug-likeness (QED) is 0.511. The van der Waals surface area contributed by atoms with Crippen LogP contribution in [0, 0.1) is 5.82 Å². The van der Waals surface area contributed by atoms with Gasteiger partial charge < -0.3 is 16.6 Å². The Morgan fingerprint density at radius 1 is 1.14 bits per heavy atom. The van der Waals surface area contributed by atoms with Crippen molar-refractivity contribution in [2.24, 2.45) is 11.5 Å². The first kappa shape index (κ1) is 20.7. The standard InChI is InChI=1S/C18H16FN3O3.CH2O2/c19-15-8-10(5-6-14(15)16(21)23)7-11(20)9-22-17(24)12-3-1-2-4-13(12)18(22)25;2-1-3/h1-6,8,11H,7,9,20H2,(H2,21,23);1H,(H,2,3)/t11-;/m0./s1. The molecular formula is C19H18FN3O5. The number of halogens is 1. The molecule has 1 aliphatic heterocycles. The molecule has 0 bridgehead atoms. The van der Waals surface area contributed by atoms with E-state index in [9.17, 15) is 18.8 Å². The molecule has 3 amide bonds. The molecule has 146 valence electrons. The van der Waals surface area contributed by atoms with Crippen molar-refractivity contribution >= 4 is 24.2 Å². The number of nitrogens with zero attached hydrogens (tertiary/aromatic N) is 1. The molecule has 0 saturated heterocycles. The summed E-state index contributed by atoms with van der Waals surface area (Å²) in [5.74, 6) is -2.34. The molecule has 0 radical (unpaired) electrons. The number of hydrogen-bond acceptors (Lipinski definition) is 5. The third-order valence-corrected chi connectivity index (χ3v) is 4.09. The van der Waals surface area contributed by atoms with Crippen molar-refractivity contribution in [2.75, 3.05) is 6.54 Å². The van der Waals surface area contributed by atoms with Gasteiger partial charge >= 0.3 is 0 Å². The van der Waals surface area contributed by atoms with E-state index in [1.165, 1.54) is 12.1 Å². The summed E-state index contributed by atoms with van der Waals surface area (Å²) in [6.45, 7) is -0.231. The van der Waals surface area contributed by atoms with Crippen LogP contribution in [0.15, 0.2) is 42.5 Å². The highest BCUT2D eigenvalue weighted by atomic mass is 19.1. The molecule has 8 nitrogen and oxygen atoms in total. The van der Waals surface area contributed by atoms with Gasteiger partial charge in [0.05, 0.1) is 16.7 Å². The van der Waals surface area contributed by atoms with Crippen LogP contribution in [0.3, 0.4) is 0 Å². The molecule has 1 heterocycles. The minimum Gasteiger partial charge on any atom is -0.483 e. The Bertz CT molecular complexity index is 897. The molecule has 1 aliphatic rings. The van der Waals surface area contributed by atoms with E-state index in [-0.39, 0.29) is 36.8 Å². The van der Waals surface area contributed by atoms with E-state index in [4.69, 9.17) is 21.4 Å². The molecule has 0 saturated carbocycles. The number of rotatable bonds is 5. The molecule has 0 fully saturated rings. The molecule has 0 spiro atoms. The number of carbonyl (C=O) groups excluding carboxylic acids is 3. The van der Waals surface area contributed by atoms with Gasteiger partial charge in [-0.15, -0.1) is 0 Å². The SMILES string of the molecule is NC(=O)c1ccc(C[C@H](N)CN2C(=O)c3ccccc3C2=O)cc1F.O=CO. The van der Waals surface area contributed by atoms with E-state index in [1.54, 1.807) is 30.3 Å². The summed E-state index contributed by atoms with van der Waals surface area (Å²) in [5.41, 5.74) is 12.2. The minimum absolute atomic E-state index is 0.0194. The van der Waals surface area contributed by atoms with E-state index >= 15 is 0 Å². The number of imide groups is 1. The molecule has 0 aromatic heterocycles. The van der Waals surface area contributed by atoms with Crippen LogP contribution in [-0.2, 0) is 11.2 Å². The molecule has 9 heteroatoms. The average molecular weight is 387 g/mol. The van der Waals surface area contributed by atoms with Crippen molar-refractivity contribution in [3.8, 4) is 0 Å².